The van der Waals surface area contributed by atoms with Crippen LogP contribution in [0.2, 0.25) is 0 Å². The standard InChI is InChI=1S/C7H13NO3S/c9-12(10,11)8-7-4-5-1-2-6(7)3-5/h5-8H,1-4H2,(H,9,10,11). The third kappa shape index (κ3) is 1.62. The summed E-state index contributed by atoms with van der Waals surface area (Å²) in [6.45, 7) is 0. The quantitative estimate of drug-likeness (QED) is 0.627. The Morgan fingerprint density at radius 2 is 2.00 bits per heavy atom. The van der Waals surface area contributed by atoms with Crippen molar-refractivity contribution in [3.8, 4) is 0 Å². The first-order valence-electron chi connectivity index (χ1n) is 4.29. The summed E-state index contributed by atoms with van der Waals surface area (Å²) in [4.78, 5) is 0. The molecule has 3 atom stereocenters. The second kappa shape index (κ2) is 2.68. The minimum atomic E-state index is -3.98. The molecule has 2 saturated carbocycles. The number of fused-ring (bicyclic) bond motifs is 2. The van der Waals surface area contributed by atoms with E-state index >= 15 is 0 Å². The van der Waals surface area contributed by atoms with Crippen molar-refractivity contribution < 1.29 is 13.0 Å². The van der Waals surface area contributed by atoms with Gasteiger partial charge in [0, 0.05) is 6.04 Å². The van der Waals surface area contributed by atoms with Crippen LogP contribution in [0.5, 0.6) is 0 Å². The molecule has 2 N–H and O–H groups in total. The fraction of sp³-hybridized carbons (Fsp3) is 1.00. The van der Waals surface area contributed by atoms with E-state index in [1.54, 1.807) is 0 Å². The molecule has 4 nitrogen and oxygen atoms in total. The first-order valence-corrected chi connectivity index (χ1v) is 5.73. The maximum atomic E-state index is 10.5. The molecule has 12 heavy (non-hydrogen) atoms. The van der Waals surface area contributed by atoms with Crippen molar-refractivity contribution >= 4 is 10.3 Å². The first kappa shape index (κ1) is 8.47. The largest absolute Gasteiger partial charge is 0.333 e. The van der Waals surface area contributed by atoms with Crippen molar-refractivity contribution in [1.82, 2.24) is 4.72 Å². The van der Waals surface area contributed by atoms with Gasteiger partial charge in [-0.2, -0.15) is 13.1 Å². The van der Waals surface area contributed by atoms with E-state index < -0.39 is 10.3 Å². The number of hydrogen-bond donors (Lipinski definition) is 2. The Morgan fingerprint density at radius 3 is 2.42 bits per heavy atom. The van der Waals surface area contributed by atoms with Gasteiger partial charge in [0.25, 0.3) is 0 Å². The highest BCUT2D eigenvalue weighted by atomic mass is 32.2. The van der Waals surface area contributed by atoms with Gasteiger partial charge in [-0.3, -0.25) is 4.55 Å². The van der Waals surface area contributed by atoms with Gasteiger partial charge in [0.15, 0.2) is 0 Å². The molecule has 0 spiro atoms. The molecule has 0 aromatic carbocycles. The molecule has 5 heteroatoms. The Labute approximate surface area is 72.2 Å². The van der Waals surface area contributed by atoms with Gasteiger partial charge in [-0.15, -0.1) is 0 Å². The van der Waals surface area contributed by atoms with Gasteiger partial charge < -0.3 is 0 Å². The summed E-state index contributed by atoms with van der Waals surface area (Å²) in [7, 11) is -3.98. The van der Waals surface area contributed by atoms with Gasteiger partial charge in [-0.05, 0) is 31.1 Å². The Hall–Kier alpha value is -0.130. The average Bonchev–Trinajstić information content (AvgIpc) is 2.42. The lowest BCUT2D eigenvalue weighted by atomic mass is 9.96. The lowest BCUT2D eigenvalue weighted by Gasteiger charge is -2.20. The van der Waals surface area contributed by atoms with Crippen LogP contribution in [-0.4, -0.2) is 19.0 Å². The number of rotatable bonds is 2. The van der Waals surface area contributed by atoms with E-state index in [0.717, 1.165) is 19.3 Å². The highest BCUT2D eigenvalue weighted by Crippen LogP contribution is 2.44. The molecule has 3 unspecified atom stereocenters. The molecule has 2 aliphatic rings. The molecule has 0 aromatic heterocycles. The van der Waals surface area contributed by atoms with E-state index in [-0.39, 0.29) is 6.04 Å². The van der Waals surface area contributed by atoms with Gasteiger partial charge in [0.2, 0.25) is 0 Å². The molecule has 70 valence electrons. The van der Waals surface area contributed by atoms with Gasteiger partial charge in [0.05, 0.1) is 0 Å². The van der Waals surface area contributed by atoms with Crippen LogP contribution in [0, 0.1) is 11.8 Å². The lowest BCUT2D eigenvalue weighted by Crippen LogP contribution is -2.37. The summed E-state index contributed by atoms with van der Waals surface area (Å²) < 4.78 is 31.9. The minimum absolute atomic E-state index is 0.00116. The average molecular weight is 191 g/mol. The Kier molecular flexibility index (Phi) is 1.89. The number of nitrogens with one attached hydrogen (secondary N) is 1. The van der Waals surface area contributed by atoms with Crippen LogP contribution in [0.1, 0.15) is 25.7 Å². The van der Waals surface area contributed by atoms with Crippen molar-refractivity contribution in [2.24, 2.45) is 11.8 Å². The SMILES string of the molecule is O=S(=O)(O)NC1CC2CCC1C2. The minimum Gasteiger partial charge on any atom is -0.273 e. The van der Waals surface area contributed by atoms with Crippen LogP contribution in [0.4, 0.5) is 0 Å². The zero-order valence-electron chi connectivity index (χ0n) is 6.73. The molecular weight excluding hydrogens is 178 g/mol. The van der Waals surface area contributed by atoms with Crippen molar-refractivity contribution in [2.75, 3.05) is 0 Å². The van der Waals surface area contributed by atoms with Gasteiger partial charge in [0.1, 0.15) is 0 Å². The monoisotopic (exact) mass is 191 g/mol. The van der Waals surface area contributed by atoms with E-state index in [2.05, 4.69) is 4.72 Å². The maximum absolute atomic E-state index is 10.5. The fourth-order valence-electron chi connectivity index (χ4n) is 2.58. The van der Waals surface area contributed by atoms with E-state index in [0.29, 0.717) is 11.8 Å². The molecule has 2 aliphatic carbocycles. The molecule has 2 bridgehead atoms. The number of hydrogen-bond acceptors (Lipinski definition) is 2. The van der Waals surface area contributed by atoms with Crippen molar-refractivity contribution in [1.29, 1.82) is 0 Å². The Bertz CT molecular complexity index is 274. The molecule has 2 rings (SSSR count). The second-order valence-corrected chi connectivity index (χ2v) is 5.06. The Morgan fingerprint density at radius 1 is 1.25 bits per heavy atom. The van der Waals surface area contributed by atoms with E-state index in [4.69, 9.17) is 4.55 Å². The third-order valence-corrected chi connectivity index (χ3v) is 3.64. The maximum Gasteiger partial charge on any atom is 0.333 e. The van der Waals surface area contributed by atoms with Crippen molar-refractivity contribution in [3.05, 3.63) is 0 Å². The summed E-state index contributed by atoms with van der Waals surface area (Å²) >= 11 is 0. The van der Waals surface area contributed by atoms with E-state index in [1.807, 2.05) is 0 Å². The lowest BCUT2D eigenvalue weighted by molar-refractivity contribution is 0.371. The van der Waals surface area contributed by atoms with E-state index in [1.165, 1.54) is 6.42 Å². The van der Waals surface area contributed by atoms with Crippen LogP contribution in [0.15, 0.2) is 0 Å². The smallest absolute Gasteiger partial charge is 0.273 e. The topological polar surface area (TPSA) is 66.4 Å². The van der Waals surface area contributed by atoms with E-state index in [9.17, 15) is 8.42 Å². The van der Waals surface area contributed by atoms with Crippen molar-refractivity contribution in [2.45, 2.75) is 31.7 Å². The van der Waals surface area contributed by atoms with Crippen LogP contribution in [-0.2, 0) is 10.3 Å². The molecule has 0 heterocycles. The molecular formula is C7H13NO3S. The molecule has 0 aromatic rings. The summed E-state index contributed by atoms with van der Waals surface area (Å²) in [6, 6.07) is -0.00116. The van der Waals surface area contributed by atoms with Crippen molar-refractivity contribution in [3.63, 3.8) is 0 Å². The predicted octanol–water partition coefficient (Wildman–Crippen LogP) is 0.567. The highest BCUT2D eigenvalue weighted by Gasteiger charge is 2.40. The second-order valence-electron chi connectivity index (χ2n) is 3.87. The van der Waals surface area contributed by atoms with Crippen LogP contribution >= 0.6 is 0 Å². The van der Waals surface area contributed by atoms with Gasteiger partial charge in [-0.25, -0.2) is 0 Å². The predicted molar refractivity (Wildman–Crippen MR) is 43.9 cm³/mol. The van der Waals surface area contributed by atoms with Gasteiger partial charge in [-0.1, -0.05) is 6.42 Å². The zero-order chi connectivity index (χ0) is 8.77. The fourth-order valence-corrected chi connectivity index (χ4v) is 3.25. The summed E-state index contributed by atoms with van der Waals surface area (Å²) in [6.07, 6.45) is 4.38. The normalized spacial score (nSPS) is 40.6. The molecule has 2 fully saturated rings. The van der Waals surface area contributed by atoms with Crippen LogP contribution in [0.25, 0.3) is 0 Å². The zero-order valence-corrected chi connectivity index (χ0v) is 7.55. The van der Waals surface area contributed by atoms with Crippen LogP contribution < -0.4 is 4.72 Å². The molecule has 0 aliphatic heterocycles. The van der Waals surface area contributed by atoms with Gasteiger partial charge >= 0.3 is 10.3 Å². The Balaban J connectivity index is 2.00. The molecule has 0 radical (unpaired) electrons. The highest BCUT2D eigenvalue weighted by molar-refractivity contribution is 7.83. The molecule has 0 saturated heterocycles. The summed E-state index contributed by atoms with van der Waals surface area (Å²) in [5.41, 5.74) is 0. The van der Waals surface area contributed by atoms with Crippen LogP contribution in [0.3, 0.4) is 0 Å². The first-order chi connectivity index (χ1) is 5.54. The summed E-state index contributed by atoms with van der Waals surface area (Å²) in [5.74, 6) is 1.16. The third-order valence-electron chi connectivity index (χ3n) is 3.04. The summed E-state index contributed by atoms with van der Waals surface area (Å²) in [5, 5.41) is 0. The molecule has 0 amide bonds.